The summed E-state index contributed by atoms with van der Waals surface area (Å²) in [5, 5.41) is 3.03. The number of carbonyl (C=O) groups is 1. The van der Waals surface area contributed by atoms with Crippen molar-refractivity contribution in [1.29, 1.82) is 0 Å². The molecule has 0 radical (unpaired) electrons. The smallest absolute Gasteiger partial charge is 0.262 e. The van der Waals surface area contributed by atoms with Crippen molar-refractivity contribution < 1.29 is 17.6 Å². The van der Waals surface area contributed by atoms with Crippen LogP contribution in [0.4, 0.5) is 10.1 Å². The van der Waals surface area contributed by atoms with Crippen molar-refractivity contribution in [1.82, 2.24) is 5.32 Å². The molecule has 5 nitrogen and oxygen atoms in total. The maximum Gasteiger partial charge on any atom is 0.262 e. The molecule has 1 aliphatic carbocycles. The molecule has 2 unspecified atom stereocenters. The molecule has 0 saturated heterocycles. The minimum absolute atomic E-state index is 0.0801. The zero-order chi connectivity index (χ0) is 20.3. The molecular formula is C21H25FN2O3S. The number of aryl methyl sites for hydroxylation is 1. The third kappa shape index (κ3) is 4.70. The number of rotatable bonds is 5. The van der Waals surface area contributed by atoms with E-state index in [1.54, 1.807) is 19.1 Å². The zero-order valence-electron chi connectivity index (χ0n) is 16.0. The van der Waals surface area contributed by atoms with Crippen molar-refractivity contribution in [3.8, 4) is 0 Å². The lowest BCUT2D eigenvalue weighted by Crippen LogP contribution is -2.38. The lowest BCUT2D eigenvalue weighted by atomic mass is 9.87. The van der Waals surface area contributed by atoms with E-state index < -0.39 is 15.8 Å². The van der Waals surface area contributed by atoms with Crippen LogP contribution in [0.5, 0.6) is 0 Å². The van der Waals surface area contributed by atoms with Gasteiger partial charge in [0.05, 0.1) is 10.6 Å². The molecule has 1 fully saturated rings. The molecule has 1 amide bonds. The second kappa shape index (κ2) is 8.31. The van der Waals surface area contributed by atoms with Gasteiger partial charge in [0.25, 0.3) is 15.9 Å². The highest BCUT2D eigenvalue weighted by molar-refractivity contribution is 7.92. The maximum atomic E-state index is 13.8. The van der Waals surface area contributed by atoms with Gasteiger partial charge in [-0.25, -0.2) is 12.8 Å². The zero-order valence-corrected chi connectivity index (χ0v) is 16.9. The Kier molecular flexibility index (Phi) is 6.03. The summed E-state index contributed by atoms with van der Waals surface area (Å²) in [6.45, 7) is 3.93. The number of benzene rings is 2. The molecule has 2 N–H and O–H groups in total. The molecule has 2 aromatic carbocycles. The molecule has 28 heavy (non-hydrogen) atoms. The van der Waals surface area contributed by atoms with Gasteiger partial charge < -0.3 is 5.32 Å². The first-order chi connectivity index (χ1) is 13.3. The Morgan fingerprint density at radius 1 is 1.14 bits per heavy atom. The third-order valence-electron chi connectivity index (χ3n) is 5.15. The Balaban J connectivity index is 1.82. The fourth-order valence-corrected chi connectivity index (χ4v) is 4.68. The topological polar surface area (TPSA) is 75.3 Å². The van der Waals surface area contributed by atoms with Crippen LogP contribution in [0.2, 0.25) is 0 Å². The van der Waals surface area contributed by atoms with Crippen molar-refractivity contribution in [2.24, 2.45) is 5.92 Å². The Labute approximate surface area is 165 Å². The predicted octanol–water partition coefficient (Wildman–Crippen LogP) is 4.24. The standard InChI is InChI=1S/C21H25FN2O3S/c1-14-6-5-7-16(12-14)23-21(25)18-13-17(11-10-15(18)2)28(26,27)24-20-9-4-3-8-19(20)22/h3-4,8-11,13-14,16,24H,5-7,12H2,1-2H3,(H,23,25). The number of halogens is 1. The van der Waals surface area contributed by atoms with Crippen LogP contribution in [0, 0.1) is 18.7 Å². The summed E-state index contributed by atoms with van der Waals surface area (Å²) < 4.78 is 41.4. The molecule has 2 atom stereocenters. The quantitative estimate of drug-likeness (QED) is 0.783. The fourth-order valence-electron chi connectivity index (χ4n) is 3.59. The van der Waals surface area contributed by atoms with Crippen LogP contribution in [0.25, 0.3) is 0 Å². The molecule has 3 rings (SSSR count). The van der Waals surface area contributed by atoms with Gasteiger partial charge in [0.1, 0.15) is 5.82 Å². The van der Waals surface area contributed by atoms with E-state index in [9.17, 15) is 17.6 Å². The predicted molar refractivity (Wildman–Crippen MR) is 107 cm³/mol. The number of anilines is 1. The van der Waals surface area contributed by atoms with Gasteiger partial charge in [0.15, 0.2) is 0 Å². The van der Waals surface area contributed by atoms with Crippen LogP contribution >= 0.6 is 0 Å². The van der Waals surface area contributed by atoms with Crippen molar-refractivity contribution in [3.05, 3.63) is 59.4 Å². The summed E-state index contributed by atoms with van der Waals surface area (Å²) in [4.78, 5) is 12.7. The number of para-hydroxylation sites is 1. The van der Waals surface area contributed by atoms with Crippen LogP contribution in [0.1, 0.15) is 48.5 Å². The molecule has 150 valence electrons. The van der Waals surface area contributed by atoms with Gasteiger partial charge in [-0.1, -0.05) is 38.0 Å². The largest absolute Gasteiger partial charge is 0.349 e. The number of carbonyl (C=O) groups excluding carboxylic acids is 1. The van der Waals surface area contributed by atoms with Crippen LogP contribution < -0.4 is 10.0 Å². The lowest BCUT2D eigenvalue weighted by Gasteiger charge is -2.27. The average molecular weight is 405 g/mol. The summed E-state index contributed by atoms with van der Waals surface area (Å²) in [5.41, 5.74) is 0.867. The minimum atomic E-state index is -4.02. The molecule has 0 spiro atoms. The van der Waals surface area contributed by atoms with E-state index >= 15 is 0 Å². The van der Waals surface area contributed by atoms with Crippen LogP contribution in [0.3, 0.4) is 0 Å². The first-order valence-corrected chi connectivity index (χ1v) is 10.9. The highest BCUT2D eigenvalue weighted by atomic mass is 32.2. The Morgan fingerprint density at radius 2 is 1.89 bits per heavy atom. The first kappa shape index (κ1) is 20.3. The maximum absolute atomic E-state index is 13.8. The Bertz CT molecular complexity index is 975. The van der Waals surface area contributed by atoms with E-state index in [4.69, 9.17) is 0 Å². The van der Waals surface area contributed by atoms with Gasteiger partial charge in [-0.2, -0.15) is 0 Å². The van der Waals surface area contributed by atoms with E-state index in [2.05, 4.69) is 17.0 Å². The van der Waals surface area contributed by atoms with Crippen molar-refractivity contribution in [3.63, 3.8) is 0 Å². The van der Waals surface area contributed by atoms with E-state index in [1.165, 1.54) is 36.8 Å². The van der Waals surface area contributed by atoms with Crippen LogP contribution in [-0.2, 0) is 10.0 Å². The molecule has 0 bridgehead atoms. The van der Waals surface area contributed by atoms with Crippen molar-refractivity contribution >= 4 is 21.6 Å². The molecule has 1 saturated carbocycles. The fraction of sp³-hybridized carbons (Fsp3) is 0.381. The second-order valence-electron chi connectivity index (χ2n) is 7.50. The summed E-state index contributed by atoms with van der Waals surface area (Å²) in [5.74, 6) is -0.376. The van der Waals surface area contributed by atoms with Gasteiger partial charge in [0, 0.05) is 11.6 Å². The molecule has 0 aromatic heterocycles. The van der Waals surface area contributed by atoms with E-state index in [1.807, 2.05) is 0 Å². The average Bonchev–Trinajstić information content (AvgIpc) is 2.63. The van der Waals surface area contributed by atoms with Crippen LogP contribution in [-0.4, -0.2) is 20.4 Å². The SMILES string of the molecule is Cc1ccc(S(=O)(=O)Nc2ccccc2F)cc1C(=O)NC1CCCC(C)C1. The third-order valence-corrected chi connectivity index (χ3v) is 6.52. The molecular weight excluding hydrogens is 379 g/mol. The number of hydrogen-bond acceptors (Lipinski definition) is 3. The molecule has 2 aromatic rings. The van der Waals surface area contributed by atoms with E-state index in [-0.39, 0.29) is 22.5 Å². The summed E-state index contributed by atoms with van der Waals surface area (Å²) in [6, 6.07) is 10.0. The monoisotopic (exact) mass is 404 g/mol. The summed E-state index contributed by atoms with van der Waals surface area (Å²) in [7, 11) is -4.02. The van der Waals surface area contributed by atoms with Gasteiger partial charge >= 0.3 is 0 Å². The number of nitrogens with one attached hydrogen (secondary N) is 2. The Hall–Kier alpha value is -2.41. The molecule has 0 heterocycles. The van der Waals surface area contributed by atoms with Gasteiger partial charge in [-0.05, 0) is 55.5 Å². The summed E-state index contributed by atoms with van der Waals surface area (Å²) in [6.07, 6.45) is 4.10. The molecule has 1 aliphatic rings. The molecule has 0 aliphatic heterocycles. The van der Waals surface area contributed by atoms with Gasteiger partial charge in [-0.3, -0.25) is 9.52 Å². The second-order valence-corrected chi connectivity index (χ2v) is 9.19. The van der Waals surface area contributed by atoms with Crippen molar-refractivity contribution in [2.45, 2.75) is 50.5 Å². The number of amides is 1. The van der Waals surface area contributed by atoms with E-state index in [0.29, 0.717) is 17.0 Å². The Morgan fingerprint density at radius 3 is 2.61 bits per heavy atom. The first-order valence-electron chi connectivity index (χ1n) is 9.45. The molecule has 7 heteroatoms. The normalized spacial score (nSPS) is 19.8. The van der Waals surface area contributed by atoms with Crippen molar-refractivity contribution in [2.75, 3.05) is 4.72 Å². The highest BCUT2D eigenvalue weighted by Crippen LogP contribution is 2.25. The highest BCUT2D eigenvalue weighted by Gasteiger charge is 2.23. The van der Waals surface area contributed by atoms with Crippen LogP contribution in [0.15, 0.2) is 47.4 Å². The summed E-state index contributed by atoms with van der Waals surface area (Å²) >= 11 is 0. The lowest BCUT2D eigenvalue weighted by molar-refractivity contribution is 0.0920. The minimum Gasteiger partial charge on any atom is -0.349 e. The number of sulfonamides is 1. The van der Waals surface area contributed by atoms with Gasteiger partial charge in [-0.15, -0.1) is 0 Å². The van der Waals surface area contributed by atoms with E-state index in [0.717, 1.165) is 19.3 Å². The number of hydrogen-bond donors (Lipinski definition) is 2. The van der Waals surface area contributed by atoms with Gasteiger partial charge in [0.2, 0.25) is 0 Å².